The molecule has 0 saturated heterocycles. The van der Waals surface area contributed by atoms with Crippen LogP contribution in [0.5, 0.6) is 0 Å². The Bertz CT molecular complexity index is 138. The third-order valence-corrected chi connectivity index (χ3v) is 0.943. The molecule has 1 N–H and O–H groups in total. The van der Waals surface area contributed by atoms with E-state index < -0.39 is 0 Å². The van der Waals surface area contributed by atoms with Gasteiger partial charge < -0.3 is 9.84 Å². The van der Waals surface area contributed by atoms with Gasteiger partial charge in [0.25, 0.3) is 0 Å². The zero-order valence-electron chi connectivity index (χ0n) is 6.26. The maximum Gasteiger partial charge on any atom is 0.302 e. The molecule has 0 aromatic heterocycles. The van der Waals surface area contributed by atoms with Crippen LogP contribution in [-0.2, 0) is 9.53 Å². The molecule has 0 aliphatic carbocycles. The topological polar surface area (TPSA) is 46.5 Å². The highest BCUT2D eigenvalue weighted by Crippen LogP contribution is 1.92. The van der Waals surface area contributed by atoms with Gasteiger partial charge in [-0.2, -0.15) is 0 Å². The lowest BCUT2D eigenvalue weighted by molar-refractivity contribution is -0.139. The lowest BCUT2D eigenvalue weighted by Crippen LogP contribution is -2.01. The third kappa shape index (κ3) is 5.31. The van der Waals surface area contributed by atoms with Crippen molar-refractivity contribution in [1.29, 1.82) is 0 Å². The van der Waals surface area contributed by atoms with Gasteiger partial charge in [-0.3, -0.25) is 4.79 Å². The predicted octanol–water partition coefficient (Wildman–Crippen LogP) is 0.488. The van der Waals surface area contributed by atoms with Gasteiger partial charge in [-0.1, -0.05) is 6.08 Å². The zero-order chi connectivity index (χ0) is 7.98. The number of rotatable bonds is 3. The van der Waals surface area contributed by atoms with Gasteiger partial charge in [0.1, 0.15) is 6.61 Å². The van der Waals surface area contributed by atoms with Gasteiger partial charge in [0.05, 0.1) is 6.61 Å². The fourth-order valence-electron chi connectivity index (χ4n) is 0.430. The minimum absolute atomic E-state index is 0.00685. The van der Waals surface area contributed by atoms with E-state index in [1.165, 1.54) is 6.92 Å². The van der Waals surface area contributed by atoms with Crippen LogP contribution in [0.2, 0.25) is 0 Å². The SMILES string of the molecule is CC(=O)OCC(C)=CCO. The molecule has 0 rings (SSSR count). The van der Waals surface area contributed by atoms with Gasteiger partial charge in [0, 0.05) is 6.92 Å². The van der Waals surface area contributed by atoms with E-state index in [0.717, 1.165) is 5.57 Å². The van der Waals surface area contributed by atoms with Crippen LogP contribution in [0, 0.1) is 0 Å². The fourth-order valence-corrected chi connectivity index (χ4v) is 0.430. The number of ether oxygens (including phenoxy) is 1. The number of hydrogen-bond acceptors (Lipinski definition) is 3. The van der Waals surface area contributed by atoms with Crippen molar-refractivity contribution >= 4 is 5.97 Å². The zero-order valence-corrected chi connectivity index (χ0v) is 6.26. The average molecular weight is 144 g/mol. The van der Waals surface area contributed by atoms with Gasteiger partial charge in [0.2, 0.25) is 0 Å². The summed E-state index contributed by atoms with van der Waals surface area (Å²) in [6.07, 6.45) is 1.60. The highest BCUT2D eigenvalue weighted by molar-refractivity contribution is 5.66. The van der Waals surface area contributed by atoms with Crippen molar-refractivity contribution in [1.82, 2.24) is 0 Å². The predicted molar refractivity (Wildman–Crippen MR) is 37.5 cm³/mol. The second kappa shape index (κ2) is 4.99. The van der Waals surface area contributed by atoms with E-state index in [-0.39, 0.29) is 19.2 Å². The van der Waals surface area contributed by atoms with Crippen LogP contribution >= 0.6 is 0 Å². The summed E-state index contributed by atoms with van der Waals surface area (Å²) in [5.74, 6) is -0.300. The Kier molecular flexibility index (Phi) is 4.58. The molecule has 3 nitrogen and oxygen atoms in total. The molecule has 3 heteroatoms. The number of aliphatic hydroxyl groups excluding tert-OH is 1. The Morgan fingerprint density at radius 3 is 2.60 bits per heavy atom. The maximum atomic E-state index is 10.2. The Morgan fingerprint density at radius 2 is 2.20 bits per heavy atom. The Morgan fingerprint density at radius 1 is 1.60 bits per heavy atom. The second-order valence-corrected chi connectivity index (χ2v) is 2.01. The maximum absolute atomic E-state index is 10.2. The van der Waals surface area contributed by atoms with Gasteiger partial charge >= 0.3 is 5.97 Å². The number of carbonyl (C=O) groups is 1. The fraction of sp³-hybridized carbons (Fsp3) is 0.571. The molecule has 0 aliphatic rings. The molecule has 58 valence electrons. The Hall–Kier alpha value is -0.830. The van der Waals surface area contributed by atoms with Crippen LogP contribution < -0.4 is 0 Å². The molecule has 0 saturated carbocycles. The molecular weight excluding hydrogens is 132 g/mol. The van der Waals surface area contributed by atoms with E-state index in [9.17, 15) is 4.79 Å². The Balaban J connectivity index is 3.48. The average Bonchev–Trinajstić information content (AvgIpc) is 1.85. The molecule has 0 aromatic carbocycles. The summed E-state index contributed by atoms with van der Waals surface area (Å²) in [7, 11) is 0. The largest absolute Gasteiger partial charge is 0.461 e. The first-order valence-corrected chi connectivity index (χ1v) is 3.06. The van der Waals surface area contributed by atoms with Crippen molar-refractivity contribution in [3.05, 3.63) is 11.6 Å². The number of aliphatic hydroxyl groups is 1. The van der Waals surface area contributed by atoms with E-state index in [2.05, 4.69) is 4.74 Å². The van der Waals surface area contributed by atoms with E-state index in [4.69, 9.17) is 5.11 Å². The first-order valence-electron chi connectivity index (χ1n) is 3.06. The Labute approximate surface area is 60.3 Å². The summed E-state index contributed by atoms with van der Waals surface area (Å²) < 4.78 is 4.64. The molecule has 10 heavy (non-hydrogen) atoms. The van der Waals surface area contributed by atoms with Crippen LogP contribution in [0.25, 0.3) is 0 Å². The molecule has 0 aliphatic heterocycles. The van der Waals surface area contributed by atoms with E-state index in [0.29, 0.717) is 0 Å². The van der Waals surface area contributed by atoms with Crippen molar-refractivity contribution in [2.24, 2.45) is 0 Å². The molecule has 0 unspecified atom stereocenters. The van der Waals surface area contributed by atoms with Crippen molar-refractivity contribution in [2.45, 2.75) is 13.8 Å². The van der Waals surface area contributed by atoms with Gasteiger partial charge in [0.15, 0.2) is 0 Å². The minimum Gasteiger partial charge on any atom is -0.461 e. The summed E-state index contributed by atoms with van der Waals surface area (Å²) in [4.78, 5) is 10.2. The lowest BCUT2D eigenvalue weighted by Gasteiger charge is -1.99. The molecule has 0 fully saturated rings. The van der Waals surface area contributed by atoms with Crippen molar-refractivity contribution in [3.8, 4) is 0 Å². The normalized spacial score (nSPS) is 11.3. The van der Waals surface area contributed by atoms with Gasteiger partial charge in [-0.25, -0.2) is 0 Å². The summed E-state index contributed by atoms with van der Waals surface area (Å²) >= 11 is 0. The van der Waals surface area contributed by atoms with Crippen molar-refractivity contribution in [2.75, 3.05) is 13.2 Å². The first kappa shape index (κ1) is 9.17. The van der Waals surface area contributed by atoms with Crippen LogP contribution in [0.4, 0.5) is 0 Å². The third-order valence-electron chi connectivity index (χ3n) is 0.943. The molecular formula is C7H12O3. The van der Waals surface area contributed by atoms with Crippen LogP contribution in [-0.4, -0.2) is 24.3 Å². The van der Waals surface area contributed by atoms with Gasteiger partial charge in [-0.05, 0) is 12.5 Å². The van der Waals surface area contributed by atoms with Crippen LogP contribution in [0.1, 0.15) is 13.8 Å². The smallest absolute Gasteiger partial charge is 0.302 e. The summed E-state index contributed by atoms with van der Waals surface area (Å²) in [5, 5.41) is 8.39. The monoisotopic (exact) mass is 144 g/mol. The highest BCUT2D eigenvalue weighted by Gasteiger charge is 1.92. The van der Waals surface area contributed by atoms with Crippen molar-refractivity contribution in [3.63, 3.8) is 0 Å². The molecule has 0 bridgehead atoms. The van der Waals surface area contributed by atoms with Crippen LogP contribution in [0.15, 0.2) is 11.6 Å². The molecule has 0 heterocycles. The number of hydrogen-bond donors (Lipinski definition) is 1. The van der Waals surface area contributed by atoms with Crippen molar-refractivity contribution < 1.29 is 14.6 Å². The second-order valence-electron chi connectivity index (χ2n) is 2.01. The molecule has 0 atom stereocenters. The highest BCUT2D eigenvalue weighted by atomic mass is 16.5. The quantitative estimate of drug-likeness (QED) is 0.463. The lowest BCUT2D eigenvalue weighted by atomic mass is 10.3. The van der Waals surface area contributed by atoms with Crippen LogP contribution in [0.3, 0.4) is 0 Å². The molecule has 0 aromatic rings. The molecule has 0 amide bonds. The number of esters is 1. The minimum atomic E-state index is -0.300. The van der Waals surface area contributed by atoms with E-state index >= 15 is 0 Å². The molecule has 0 radical (unpaired) electrons. The summed E-state index contributed by atoms with van der Waals surface area (Å²) in [5.41, 5.74) is 0.859. The standard InChI is InChI=1S/C7H12O3/c1-6(3-4-8)5-10-7(2)9/h3,8H,4-5H2,1-2H3. The summed E-state index contributed by atoms with van der Waals surface area (Å²) in [6.45, 7) is 3.41. The summed E-state index contributed by atoms with van der Waals surface area (Å²) in [6, 6.07) is 0. The molecule has 0 spiro atoms. The van der Waals surface area contributed by atoms with E-state index in [1.54, 1.807) is 13.0 Å². The first-order chi connectivity index (χ1) is 4.66. The number of carbonyl (C=O) groups excluding carboxylic acids is 1. The van der Waals surface area contributed by atoms with E-state index in [1.807, 2.05) is 0 Å². The van der Waals surface area contributed by atoms with Gasteiger partial charge in [-0.15, -0.1) is 0 Å².